The van der Waals surface area contributed by atoms with E-state index < -0.39 is 0 Å². The summed E-state index contributed by atoms with van der Waals surface area (Å²) in [5.41, 5.74) is 1.79. The zero-order valence-electron chi connectivity index (χ0n) is 14.1. The minimum Gasteiger partial charge on any atom is -0.461 e. The number of nitrogens with one attached hydrogen (secondary N) is 1. The number of amides is 3. The van der Waals surface area contributed by atoms with Crippen LogP contribution in [0.25, 0.3) is 10.8 Å². The van der Waals surface area contributed by atoms with Gasteiger partial charge in [0.25, 0.3) is 12.4 Å². The minimum absolute atomic E-state index is 0.0271. The molecule has 8 heteroatoms. The van der Waals surface area contributed by atoms with Crippen LogP contribution in [0.2, 0.25) is 0 Å². The van der Waals surface area contributed by atoms with E-state index in [1.165, 1.54) is 0 Å². The third kappa shape index (κ3) is 3.01. The Kier molecular flexibility index (Phi) is 4.92. The number of pyridine rings is 1. The zero-order chi connectivity index (χ0) is 18.7. The van der Waals surface area contributed by atoms with Gasteiger partial charge in [-0.25, -0.2) is 0 Å². The number of carbonyl (C=O) groups is 4. The lowest BCUT2D eigenvalue weighted by Gasteiger charge is -2.25. The van der Waals surface area contributed by atoms with Crippen LogP contribution in [0.1, 0.15) is 35.8 Å². The molecule has 26 heavy (non-hydrogen) atoms. The molecule has 1 unspecified atom stereocenters. The summed E-state index contributed by atoms with van der Waals surface area (Å²) in [4.78, 5) is 51.1. The molecule has 2 aromatic rings. The Morgan fingerprint density at radius 3 is 2.92 bits per heavy atom. The molecule has 0 spiro atoms. The van der Waals surface area contributed by atoms with Crippen LogP contribution in [-0.2, 0) is 25.7 Å². The van der Waals surface area contributed by atoms with Gasteiger partial charge in [-0.15, -0.1) is 0 Å². The average Bonchev–Trinajstić information content (AvgIpc) is 2.93. The number of rotatable bonds is 8. The number of ether oxygens (including phenoxy) is 1. The number of aromatic nitrogens is 1. The van der Waals surface area contributed by atoms with Crippen LogP contribution in [0, 0.1) is 0 Å². The molecule has 134 valence electrons. The van der Waals surface area contributed by atoms with Gasteiger partial charge in [0.05, 0.1) is 17.6 Å². The van der Waals surface area contributed by atoms with Gasteiger partial charge in [-0.05, 0) is 19.4 Å². The van der Waals surface area contributed by atoms with Crippen molar-refractivity contribution in [1.29, 1.82) is 0 Å². The smallest absolute Gasteiger partial charge is 0.293 e. The molecule has 1 aromatic heterocycles. The van der Waals surface area contributed by atoms with Gasteiger partial charge >= 0.3 is 0 Å². The van der Waals surface area contributed by atoms with Gasteiger partial charge in [0.1, 0.15) is 6.61 Å². The Bertz CT molecular complexity index is 896. The summed E-state index contributed by atoms with van der Waals surface area (Å²) in [5.74, 6) is -0.551. The lowest BCUT2D eigenvalue weighted by atomic mass is 10.1. The van der Waals surface area contributed by atoms with E-state index >= 15 is 0 Å². The predicted octanol–water partition coefficient (Wildman–Crippen LogP) is 1.31. The standard InChI is InChI=1S/C18H17N3O5/c1-11(5-6-16(24)20-9-22)21-15-7-19-14(8-26-10-23)12-3-2-4-13(17(12)15)18(21)25/h2-4,7,9-11H,5-6,8H2,1H3,(H,20,22,24). The molecule has 0 radical (unpaired) electrons. The summed E-state index contributed by atoms with van der Waals surface area (Å²) < 4.78 is 4.80. The molecule has 3 amide bonds. The van der Waals surface area contributed by atoms with Crippen LogP contribution in [-0.4, -0.2) is 35.7 Å². The van der Waals surface area contributed by atoms with Crippen LogP contribution in [0.5, 0.6) is 0 Å². The number of imide groups is 1. The highest BCUT2D eigenvalue weighted by Gasteiger charge is 2.34. The zero-order valence-corrected chi connectivity index (χ0v) is 14.1. The molecule has 0 bridgehead atoms. The molecule has 0 saturated carbocycles. The topological polar surface area (TPSA) is 106 Å². The van der Waals surface area contributed by atoms with E-state index in [1.807, 2.05) is 13.0 Å². The summed E-state index contributed by atoms with van der Waals surface area (Å²) in [5, 5.41) is 3.61. The highest BCUT2D eigenvalue weighted by molar-refractivity contribution is 6.25. The molecular weight excluding hydrogens is 338 g/mol. The molecule has 8 nitrogen and oxygen atoms in total. The monoisotopic (exact) mass is 355 g/mol. The number of carbonyl (C=O) groups excluding carboxylic acids is 4. The maximum absolute atomic E-state index is 12.9. The van der Waals surface area contributed by atoms with Crippen molar-refractivity contribution in [2.45, 2.75) is 32.4 Å². The van der Waals surface area contributed by atoms with Crippen molar-refractivity contribution in [3.05, 3.63) is 35.7 Å². The summed E-state index contributed by atoms with van der Waals surface area (Å²) >= 11 is 0. The van der Waals surface area contributed by atoms with Crippen molar-refractivity contribution in [2.75, 3.05) is 4.90 Å². The first-order valence-corrected chi connectivity index (χ1v) is 8.11. The van der Waals surface area contributed by atoms with E-state index in [1.54, 1.807) is 23.2 Å². The molecule has 2 heterocycles. The Morgan fingerprint density at radius 2 is 2.19 bits per heavy atom. The first-order valence-electron chi connectivity index (χ1n) is 8.11. The molecule has 3 rings (SSSR count). The van der Waals surface area contributed by atoms with E-state index in [0.717, 1.165) is 10.8 Å². The molecular formula is C18H17N3O5. The SMILES string of the molecule is CC(CCC(=O)NC=O)N1C(=O)c2cccc3c(COC=O)ncc1c23. The first-order chi connectivity index (χ1) is 12.6. The van der Waals surface area contributed by atoms with Gasteiger partial charge in [0.15, 0.2) is 0 Å². The Balaban J connectivity index is 1.93. The normalized spacial score (nSPS) is 13.6. The maximum Gasteiger partial charge on any atom is 0.293 e. The van der Waals surface area contributed by atoms with Crippen molar-refractivity contribution >= 4 is 41.2 Å². The molecule has 1 aliphatic rings. The van der Waals surface area contributed by atoms with Crippen LogP contribution in [0.3, 0.4) is 0 Å². The fourth-order valence-corrected chi connectivity index (χ4v) is 3.21. The quantitative estimate of drug-likeness (QED) is 0.716. The number of anilines is 1. The second kappa shape index (κ2) is 7.30. The number of nitrogens with zero attached hydrogens (tertiary/aromatic N) is 2. The molecule has 1 N–H and O–H groups in total. The molecule has 1 aromatic carbocycles. The van der Waals surface area contributed by atoms with Crippen molar-refractivity contribution in [3.63, 3.8) is 0 Å². The fraction of sp³-hybridized carbons (Fsp3) is 0.278. The molecule has 0 aliphatic carbocycles. The van der Waals surface area contributed by atoms with Crippen molar-refractivity contribution in [2.24, 2.45) is 0 Å². The summed E-state index contributed by atoms with van der Waals surface area (Å²) in [6.45, 7) is 2.22. The van der Waals surface area contributed by atoms with Crippen LogP contribution < -0.4 is 10.2 Å². The van der Waals surface area contributed by atoms with Crippen LogP contribution in [0.4, 0.5) is 5.69 Å². The summed E-state index contributed by atoms with van der Waals surface area (Å²) in [6, 6.07) is 5.08. The largest absolute Gasteiger partial charge is 0.461 e. The van der Waals surface area contributed by atoms with Crippen molar-refractivity contribution < 1.29 is 23.9 Å². The van der Waals surface area contributed by atoms with E-state index in [9.17, 15) is 19.2 Å². The van der Waals surface area contributed by atoms with Gasteiger partial charge in [0, 0.05) is 28.8 Å². The molecule has 0 saturated heterocycles. The van der Waals surface area contributed by atoms with Crippen molar-refractivity contribution in [1.82, 2.24) is 10.3 Å². The molecule has 1 atom stereocenters. The average molecular weight is 355 g/mol. The van der Waals surface area contributed by atoms with Crippen LogP contribution in [0.15, 0.2) is 24.4 Å². The minimum atomic E-state index is -0.388. The van der Waals surface area contributed by atoms with E-state index in [0.29, 0.717) is 36.2 Å². The highest BCUT2D eigenvalue weighted by atomic mass is 16.5. The maximum atomic E-state index is 12.9. The Labute approximate surface area is 149 Å². The van der Waals surface area contributed by atoms with E-state index in [4.69, 9.17) is 4.74 Å². The number of hydrogen-bond donors (Lipinski definition) is 1. The van der Waals surface area contributed by atoms with E-state index in [2.05, 4.69) is 10.3 Å². The van der Waals surface area contributed by atoms with Gasteiger partial charge in [-0.3, -0.25) is 29.5 Å². The highest BCUT2D eigenvalue weighted by Crippen LogP contribution is 2.39. The van der Waals surface area contributed by atoms with Gasteiger partial charge in [-0.2, -0.15) is 0 Å². The second-order valence-corrected chi connectivity index (χ2v) is 5.97. The second-order valence-electron chi connectivity index (χ2n) is 5.97. The summed E-state index contributed by atoms with van der Waals surface area (Å²) in [6.07, 6.45) is 2.46. The number of hydrogen-bond acceptors (Lipinski definition) is 6. The summed E-state index contributed by atoms with van der Waals surface area (Å²) in [7, 11) is 0. The van der Waals surface area contributed by atoms with Crippen LogP contribution >= 0.6 is 0 Å². The van der Waals surface area contributed by atoms with Gasteiger partial charge in [0.2, 0.25) is 12.3 Å². The Morgan fingerprint density at radius 1 is 1.38 bits per heavy atom. The fourth-order valence-electron chi connectivity index (χ4n) is 3.21. The lowest BCUT2D eigenvalue weighted by molar-refractivity contribution is -0.130. The van der Waals surface area contributed by atoms with E-state index in [-0.39, 0.29) is 30.9 Å². The number of benzene rings is 1. The molecule has 0 fully saturated rings. The van der Waals surface area contributed by atoms with Crippen molar-refractivity contribution in [3.8, 4) is 0 Å². The predicted molar refractivity (Wildman–Crippen MR) is 92.3 cm³/mol. The van der Waals surface area contributed by atoms with Gasteiger partial charge in [-0.1, -0.05) is 12.1 Å². The lowest BCUT2D eigenvalue weighted by Crippen LogP contribution is -2.37. The molecule has 1 aliphatic heterocycles. The Hall–Kier alpha value is -3.29. The van der Waals surface area contributed by atoms with Gasteiger partial charge < -0.3 is 9.64 Å². The first kappa shape index (κ1) is 17.5. The third-order valence-electron chi connectivity index (χ3n) is 4.42. The third-order valence-corrected chi connectivity index (χ3v) is 4.42.